The Kier molecular flexibility index (Phi) is 5.48. The molecule has 2 aromatic carbocycles. The summed E-state index contributed by atoms with van der Waals surface area (Å²) in [4.78, 5) is 16.2. The molecule has 0 radical (unpaired) electrons. The Morgan fingerprint density at radius 3 is 2.69 bits per heavy atom. The second kappa shape index (κ2) is 8.15. The number of hydrogen-bond donors (Lipinski definition) is 2. The van der Waals surface area contributed by atoms with Crippen molar-refractivity contribution in [1.29, 1.82) is 0 Å². The number of rotatable bonds is 6. The molecule has 3 aromatic rings. The van der Waals surface area contributed by atoms with Crippen molar-refractivity contribution in [2.24, 2.45) is 0 Å². The van der Waals surface area contributed by atoms with Gasteiger partial charge in [-0.1, -0.05) is 24.2 Å². The number of nitrogens with zero attached hydrogens (tertiary/aromatic N) is 2. The van der Waals surface area contributed by atoms with Crippen LogP contribution in [0.25, 0.3) is 22.8 Å². The SMILES string of the molecule is CCCNC(=O)Nc1cccc(-c2noc(-c3ccc(OC)cc3)n2)c1. The molecule has 1 aromatic heterocycles. The van der Waals surface area contributed by atoms with E-state index in [9.17, 15) is 4.79 Å². The summed E-state index contributed by atoms with van der Waals surface area (Å²) >= 11 is 0. The molecular weight excluding hydrogens is 332 g/mol. The van der Waals surface area contributed by atoms with Gasteiger partial charge in [0.1, 0.15) is 5.75 Å². The summed E-state index contributed by atoms with van der Waals surface area (Å²) in [7, 11) is 1.61. The average molecular weight is 352 g/mol. The van der Waals surface area contributed by atoms with Crippen molar-refractivity contribution in [3.8, 4) is 28.6 Å². The van der Waals surface area contributed by atoms with E-state index in [1.807, 2.05) is 43.3 Å². The zero-order chi connectivity index (χ0) is 18.4. The van der Waals surface area contributed by atoms with Crippen molar-refractivity contribution >= 4 is 11.7 Å². The van der Waals surface area contributed by atoms with Gasteiger partial charge in [0.15, 0.2) is 0 Å². The van der Waals surface area contributed by atoms with Crippen molar-refractivity contribution in [1.82, 2.24) is 15.5 Å². The number of carbonyl (C=O) groups excluding carboxylic acids is 1. The van der Waals surface area contributed by atoms with E-state index in [0.717, 1.165) is 23.3 Å². The third-order valence-corrected chi connectivity index (χ3v) is 3.68. The van der Waals surface area contributed by atoms with Gasteiger partial charge in [0, 0.05) is 23.4 Å². The minimum Gasteiger partial charge on any atom is -0.497 e. The molecule has 0 aliphatic carbocycles. The third-order valence-electron chi connectivity index (χ3n) is 3.68. The predicted molar refractivity (Wildman–Crippen MR) is 99.0 cm³/mol. The molecular formula is C19H20N4O3. The van der Waals surface area contributed by atoms with Crippen LogP contribution in [0.5, 0.6) is 5.75 Å². The highest BCUT2D eigenvalue weighted by atomic mass is 16.5. The highest BCUT2D eigenvalue weighted by molar-refractivity contribution is 5.89. The van der Waals surface area contributed by atoms with Crippen LogP contribution in [0.4, 0.5) is 10.5 Å². The summed E-state index contributed by atoms with van der Waals surface area (Å²) in [6.07, 6.45) is 0.879. The summed E-state index contributed by atoms with van der Waals surface area (Å²) in [5.74, 6) is 1.63. The van der Waals surface area contributed by atoms with E-state index in [1.165, 1.54) is 0 Å². The topological polar surface area (TPSA) is 89.3 Å². The molecule has 0 fully saturated rings. The fourth-order valence-electron chi connectivity index (χ4n) is 2.34. The van der Waals surface area contributed by atoms with Crippen molar-refractivity contribution in [3.63, 3.8) is 0 Å². The first-order chi connectivity index (χ1) is 12.7. The molecule has 0 unspecified atom stereocenters. The van der Waals surface area contributed by atoms with Crippen LogP contribution >= 0.6 is 0 Å². The maximum atomic E-state index is 11.8. The van der Waals surface area contributed by atoms with Gasteiger partial charge in [0.05, 0.1) is 7.11 Å². The van der Waals surface area contributed by atoms with E-state index in [0.29, 0.717) is 23.9 Å². The van der Waals surface area contributed by atoms with Crippen LogP contribution in [0, 0.1) is 0 Å². The Morgan fingerprint density at radius 2 is 1.96 bits per heavy atom. The van der Waals surface area contributed by atoms with Crippen LogP contribution < -0.4 is 15.4 Å². The molecule has 2 N–H and O–H groups in total. The molecule has 3 rings (SSSR count). The lowest BCUT2D eigenvalue weighted by Crippen LogP contribution is -2.29. The van der Waals surface area contributed by atoms with E-state index in [4.69, 9.17) is 9.26 Å². The van der Waals surface area contributed by atoms with Gasteiger partial charge in [-0.2, -0.15) is 4.98 Å². The number of hydrogen-bond acceptors (Lipinski definition) is 5. The van der Waals surface area contributed by atoms with Gasteiger partial charge in [-0.25, -0.2) is 4.79 Å². The first-order valence-electron chi connectivity index (χ1n) is 8.33. The van der Waals surface area contributed by atoms with E-state index < -0.39 is 0 Å². The summed E-state index contributed by atoms with van der Waals surface area (Å²) in [6.45, 7) is 2.62. The molecule has 7 heteroatoms. The van der Waals surface area contributed by atoms with E-state index in [2.05, 4.69) is 20.8 Å². The minimum atomic E-state index is -0.240. The molecule has 134 valence electrons. The van der Waals surface area contributed by atoms with E-state index in [-0.39, 0.29) is 6.03 Å². The largest absolute Gasteiger partial charge is 0.497 e. The first kappa shape index (κ1) is 17.5. The molecule has 0 saturated carbocycles. The first-order valence-corrected chi connectivity index (χ1v) is 8.33. The smallest absolute Gasteiger partial charge is 0.319 e. The molecule has 26 heavy (non-hydrogen) atoms. The van der Waals surface area contributed by atoms with Crippen LogP contribution in [-0.2, 0) is 0 Å². The molecule has 1 heterocycles. The van der Waals surface area contributed by atoms with Crippen molar-refractivity contribution < 1.29 is 14.1 Å². The van der Waals surface area contributed by atoms with Gasteiger partial charge in [-0.3, -0.25) is 0 Å². The fraction of sp³-hybridized carbons (Fsp3) is 0.211. The molecule has 7 nitrogen and oxygen atoms in total. The molecule has 0 saturated heterocycles. The standard InChI is InChI=1S/C19H20N4O3/c1-3-11-20-19(24)21-15-6-4-5-14(12-15)17-22-18(26-23-17)13-7-9-16(25-2)10-8-13/h4-10,12H,3,11H2,1-2H3,(H2,20,21,24). The Hall–Kier alpha value is -3.35. The monoisotopic (exact) mass is 352 g/mol. The minimum absolute atomic E-state index is 0.240. The van der Waals surface area contributed by atoms with Crippen LogP contribution in [0.1, 0.15) is 13.3 Å². The van der Waals surface area contributed by atoms with Gasteiger partial charge in [0.25, 0.3) is 5.89 Å². The quantitative estimate of drug-likeness (QED) is 0.701. The number of ether oxygens (including phenoxy) is 1. The second-order valence-corrected chi connectivity index (χ2v) is 5.61. The Labute approximate surface area is 151 Å². The van der Waals surface area contributed by atoms with Crippen LogP contribution in [0.3, 0.4) is 0 Å². The Bertz CT molecular complexity index is 875. The van der Waals surface area contributed by atoms with Gasteiger partial charge in [0.2, 0.25) is 5.82 Å². The zero-order valence-electron chi connectivity index (χ0n) is 14.7. The van der Waals surface area contributed by atoms with E-state index in [1.54, 1.807) is 19.2 Å². The van der Waals surface area contributed by atoms with Crippen LogP contribution in [0.2, 0.25) is 0 Å². The predicted octanol–water partition coefficient (Wildman–Crippen LogP) is 3.94. The Morgan fingerprint density at radius 1 is 1.15 bits per heavy atom. The molecule has 2 amide bonds. The lowest BCUT2D eigenvalue weighted by Gasteiger charge is -2.07. The summed E-state index contributed by atoms with van der Waals surface area (Å²) < 4.78 is 10.5. The number of aromatic nitrogens is 2. The van der Waals surface area contributed by atoms with Crippen molar-refractivity contribution in [2.45, 2.75) is 13.3 Å². The lowest BCUT2D eigenvalue weighted by molar-refractivity contribution is 0.252. The molecule has 0 spiro atoms. The summed E-state index contributed by atoms with van der Waals surface area (Å²) in [6, 6.07) is 14.4. The number of nitrogens with one attached hydrogen (secondary N) is 2. The third kappa shape index (κ3) is 4.18. The number of urea groups is 1. The van der Waals surface area contributed by atoms with Crippen LogP contribution in [-0.4, -0.2) is 29.8 Å². The van der Waals surface area contributed by atoms with Crippen molar-refractivity contribution in [2.75, 3.05) is 19.0 Å². The van der Waals surface area contributed by atoms with Gasteiger partial charge < -0.3 is 19.9 Å². The number of carbonyl (C=O) groups is 1. The summed E-state index contributed by atoms with van der Waals surface area (Å²) in [5, 5.41) is 9.58. The molecule has 0 aliphatic heterocycles. The fourth-order valence-corrected chi connectivity index (χ4v) is 2.34. The van der Waals surface area contributed by atoms with E-state index >= 15 is 0 Å². The normalized spacial score (nSPS) is 10.4. The molecule has 0 atom stereocenters. The lowest BCUT2D eigenvalue weighted by atomic mass is 10.2. The number of methoxy groups -OCH3 is 1. The van der Waals surface area contributed by atoms with Gasteiger partial charge in [-0.15, -0.1) is 0 Å². The zero-order valence-corrected chi connectivity index (χ0v) is 14.7. The highest BCUT2D eigenvalue weighted by Gasteiger charge is 2.11. The Balaban J connectivity index is 1.76. The average Bonchev–Trinajstić information content (AvgIpc) is 3.17. The van der Waals surface area contributed by atoms with Crippen molar-refractivity contribution in [3.05, 3.63) is 48.5 Å². The summed E-state index contributed by atoms with van der Waals surface area (Å²) in [5.41, 5.74) is 2.21. The molecule has 0 bridgehead atoms. The number of amides is 2. The van der Waals surface area contributed by atoms with Gasteiger partial charge >= 0.3 is 6.03 Å². The number of benzene rings is 2. The second-order valence-electron chi connectivity index (χ2n) is 5.61. The maximum absolute atomic E-state index is 11.8. The number of anilines is 1. The highest BCUT2D eigenvalue weighted by Crippen LogP contribution is 2.25. The van der Waals surface area contributed by atoms with Gasteiger partial charge in [-0.05, 0) is 42.8 Å². The van der Waals surface area contributed by atoms with Crippen LogP contribution in [0.15, 0.2) is 53.1 Å². The maximum Gasteiger partial charge on any atom is 0.319 e. The molecule has 0 aliphatic rings.